The number of aromatic nitrogens is 2. The molecule has 3 N–H and O–H groups in total. The molecule has 1 amide bonds. The number of nitrogens with one attached hydrogen (secondary N) is 2. The van der Waals surface area contributed by atoms with Gasteiger partial charge in [0.25, 0.3) is 21.6 Å². The first-order valence-electron chi connectivity index (χ1n) is 28.0. The fraction of sp³-hybridized carbons (Fsp3) is 0.552. The lowest BCUT2D eigenvalue weighted by Crippen LogP contribution is -2.58. The van der Waals surface area contributed by atoms with Crippen molar-refractivity contribution in [3.05, 3.63) is 106 Å². The highest BCUT2D eigenvalue weighted by Gasteiger charge is 2.50. The maximum atomic E-state index is 14.9. The summed E-state index contributed by atoms with van der Waals surface area (Å²) in [5.41, 5.74) is 4.74. The molecule has 0 unspecified atom stereocenters. The highest BCUT2D eigenvalue weighted by atomic mass is 32.2. The number of hydrogen-bond donors (Lipinski definition) is 3. The van der Waals surface area contributed by atoms with Crippen molar-refractivity contribution in [1.82, 2.24) is 19.2 Å². The van der Waals surface area contributed by atoms with E-state index in [1.807, 2.05) is 42.0 Å². The monoisotopic (exact) mass is 1100 g/mol. The third-order valence-electron chi connectivity index (χ3n) is 17.7. The second kappa shape index (κ2) is 21.8. The maximum absolute atomic E-state index is 14.9. The van der Waals surface area contributed by atoms with Crippen LogP contribution in [0.4, 0.5) is 28.4 Å². The normalized spacial score (nSPS) is 24.7. The largest absolute Gasteiger partial charge is 0.468 e. The van der Waals surface area contributed by atoms with E-state index in [2.05, 4.69) is 75.6 Å². The Labute approximate surface area is 459 Å². The van der Waals surface area contributed by atoms with Gasteiger partial charge in [0.15, 0.2) is 0 Å². The van der Waals surface area contributed by atoms with E-state index >= 15 is 0 Å². The lowest BCUT2D eigenvalue weighted by molar-refractivity contribution is -0.384. The third-order valence-corrected chi connectivity index (χ3v) is 20.7. The lowest BCUT2D eigenvalue weighted by Gasteiger charge is -2.57. The van der Waals surface area contributed by atoms with E-state index in [1.165, 1.54) is 23.3 Å². The second-order valence-electron chi connectivity index (χ2n) is 24.4. The Morgan fingerprint density at radius 1 is 0.936 bits per heavy atom. The van der Waals surface area contributed by atoms with E-state index in [4.69, 9.17) is 23.9 Å². The van der Waals surface area contributed by atoms with Gasteiger partial charge in [0.2, 0.25) is 5.88 Å². The quantitative estimate of drug-likeness (QED) is 0.0364. The summed E-state index contributed by atoms with van der Waals surface area (Å²) in [7, 11) is -5.95. The van der Waals surface area contributed by atoms with Crippen molar-refractivity contribution in [2.24, 2.45) is 11.3 Å². The van der Waals surface area contributed by atoms with Crippen LogP contribution in [-0.4, -0.2) is 130 Å². The van der Waals surface area contributed by atoms with E-state index in [-0.39, 0.29) is 41.3 Å². The average molecular weight is 1110 g/mol. The standard InChI is InChI=1S/C58H76N8O10SSi/c1-39-8-6-7-9-45(39)52-36-74-27-25-64(52)43-33-58(34-43)20-23-62(24-21-58)42-10-12-46(55(67)61-77(71,72)44-11-13-47(50(32-44)66(69)70)59-35-40-14-18-57(2,68)19-15-40)49(31-42)65-48-17-26-73-37-53(48)76-56-51(65)30-41-16-22-63(54(41)60-56)38-75-28-29-78(3,4)5/h6-13,16,22,30-32,40,43,48,52-53,59,68H,14-15,17-21,23-29,33-38H2,1-5H3,(H,61,67)/t40?,48-,52-,53-,57?/m0/s1. The summed E-state index contributed by atoms with van der Waals surface area (Å²) in [5, 5.41) is 26.9. The summed E-state index contributed by atoms with van der Waals surface area (Å²) in [4.78, 5) is 38.6. The maximum Gasteiger partial charge on any atom is 0.293 e. The first-order valence-corrected chi connectivity index (χ1v) is 33.2. The van der Waals surface area contributed by atoms with Crippen LogP contribution in [0.25, 0.3) is 11.0 Å². The van der Waals surface area contributed by atoms with Crippen LogP contribution in [0.15, 0.2) is 83.9 Å². The number of piperidine rings is 1. The molecule has 6 aliphatic rings. The molecule has 18 nitrogen and oxygen atoms in total. The fourth-order valence-corrected chi connectivity index (χ4v) is 14.7. The van der Waals surface area contributed by atoms with E-state index in [0.717, 1.165) is 88.0 Å². The molecule has 11 rings (SSSR count). The summed E-state index contributed by atoms with van der Waals surface area (Å²) >= 11 is 0. The minimum absolute atomic E-state index is 0.108. The molecule has 3 aromatic carbocycles. The Hall–Kier alpha value is -5.61. The van der Waals surface area contributed by atoms with Gasteiger partial charge in [-0.1, -0.05) is 43.9 Å². The number of sulfonamides is 1. The number of carbonyl (C=O) groups excluding carboxylic acids is 1. The highest BCUT2D eigenvalue weighted by molar-refractivity contribution is 7.90. The number of ether oxygens (including phenoxy) is 4. The van der Waals surface area contributed by atoms with Crippen molar-refractivity contribution in [2.75, 3.05) is 74.3 Å². The zero-order valence-corrected chi connectivity index (χ0v) is 47.6. The van der Waals surface area contributed by atoms with Crippen LogP contribution in [-0.2, 0) is 31.0 Å². The van der Waals surface area contributed by atoms with Crippen LogP contribution in [0.1, 0.15) is 92.2 Å². The van der Waals surface area contributed by atoms with Gasteiger partial charge in [-0.05, 0) is 143 Å². The van der Waals surface area contributed by atoms with Crippen LogP contribution in [0.3, 0.4) is 0 Å². The van der Waals surface area contributed by atoms with E-state index in [1.54, 1.807) is 6.07 Å². The van der Waals surface area contributed by atoms with Crippen molar-refractivity contribution < 1.29 is 42.2 Å². The Kier molecular flexibility index (Phi) is 15.2. The predicted octanol–water partition coefficient (Wildman–Crippen LogP) is 9.55. The van der Waals surface area contributed by atoms with Gasteiger partial charge in [0.05, 0.1) is 58.6 Å². The molecule has 20 heteroatoms. The summed E-state index contributed by atoms with van der Waals surface area (Å²) in [5.74, 6) is -0.329. The van der Waals surface area contributed by atoms with Crippen molar-refractivity contribution in [2.45, 2.75) is 139 Å². The summed E-state index contributed by atoms with van der Waals surface area (Å²) in [6.07, 6.45) is 9.15. The Morgan fingerprint density at radius 2 is 1.71 bits per heavy atom. The number of aliphatic hydroxyl groups is 1. The van der Waals surface area contributed by atoms with E-state index in [9.17, 15) is 28.4 Å². The minimum atomic E-state index is -4.65. The number of aryl methyl sites for hydroxylation is 1. The molecule has 3 saturated heterocycles. The third kappa shape index (κ3) is 11.4. The summed E-state index contributed by atoms with van der Waals surface area (Å²) in [6, 6.07) is 23.4. The molecule has 2 saturated carbocycles. The van der Waals surface area contributed by atoms with Gasteiger partial charge in [0.1, 0.15) is 29.9 Å². The van der Waals surface area contributed by atoms with Crippen molar-refractivity contribution in [3.8, 4) is 5.88 Å². The zero-order valence-electron chi connectivity index (χ0n) is 45.7. The predicted molar refractivity (Wildman–Crippen MR) is 303 cm³/mol. The van der Waals surface area contributed by atoms with Gasteiger partial charge in [-0.3, -0.25) is 19.8 Å². The van der Waals surface area contributed by atoms with Crippen molar-refractivity contribution in [3.63, 3.8) is 0 Å². The molecule has 5 aromatic rings. The first kappa shape index (κ1) is 54.3. The number of morpholine rings is 1. The van der Waals surface area contributed by atoms with Gasteiger partial charge in [-0.2, -0.15) is 4.98 Å². The molecular weight excluding hydrogens is 1030 g/mol. The van der Waals surface area contributed by atoms with E-state index < -0.39 is 51.2 Å². The van der Waals surface area contributed by atoms with Gasteiger partial charge in [-0.25, -0.2) is 13.1 Å². The number of nitro benzene ring substituents is 1. The van der Waals surface area contributed by atoms with Gasteiger partial charge >= 0.3 is 0 Å². The second-order valence-corrected chi connectivity index (χ2v) is 31.7. The molecule has 2 aromatic heterocycles. The number of rotatable bonds is 16. The molecule has 78 heavy (non-hydrogen) atoms. The van der Waals surface area contributed by atoms with E-state index in [0.29, 0.717) is 81.3 Å². The lowest BCUT2D eigenvalue weighted by atomic mass is 9.59. The number of amides is 1. The molecule has 1 spiro atoms. The van der Waals surface area contributed by atoms with Crippen LogP contribution < -0.4 is 24.6 Å². The zero-order chi connectivity index (χ0) is 54.6. The van der Waals surface area contributed by atoms with Gasteiger partial charge < -0.3 is 43.7 Å². The molecule has 0 bridgehead atoms. The number of anilines is 4. The molecule has 2 aliphatic carbocycles. The topological polar surface area (TPSA) is 203 Å². The van der Waals surface area contributed by atoms with Gasteiger partial charge in [-0.15, -0.1) is 0 Å². The van der Waals surface area contributed by atoms with Gasteiger partial charge in [0, 0.05) is 76.8 Å². The summed E-state index contributed by atoms with van der Waals surface area (Å²) in [6.45, 7) is 17.1. The van der Waals surface area contributed by atoms with Crippen molar-refractivity contribution >= 4 is 63.5 Å². The summed E-state index contributed by atoms with van der Waals surface area (Å²) < 4.78 is 57.8. The van der Waals surface area contributed by atoms with Crippen LogP contribution >= 0.6 is 0 Å². The van der Waals surface area contributed by atoms with Crippen LogP contribution in [0.2, 0.25) is 25.7 Å². The van der Waals surface area contributed by atoms with Crippen LogP contribution in [0, 0.1) is 28.4 Å². The number of nitro groups is 1. The molecule has 3 atom stereocenters. The fourth-order valence-electron chi connectivity index (χ4n) is 12.9. The molecule has 4 aliphatic heterocycles. The number of carbonyl (C=O) groups is 1. The molecule has 0 radical (unpaired) electrons. The Bertz CT molecular complexity index is 3140. The number of nitrogens with zero attached hydrogens (tertiary/aromatic N) is 6. The number of benzene rings is 3. The molecule has 5 fully saturated rings. The number of pyridine rings is 1. The number of fused-ring (bicyclic) bond motifs is 3. The molecule has 418 valence electrons. The number of hydrogen-bond acceptors (Lipinski definition) is 15. The Morgan fingerprint density at radius 3 is 2.46 bits per heavy atom. The molecular formula is C58H76N8O10SSi. The van der Waals surface area contributed by atoms with Crippen LogP contribution in [0.5, 0.6) is 5.88 Å². The SMILES string of the molecule is Cc1ccccc1[C@@H]1COCCN1C1CC2(CCN(c3ccc(C(=O)NS(=O)(=O)c4ccc(NCC5CCC(C)(O)CC5)c([N+](=O)[O-])c4)c(N4c5cc6ccn(COCC[Si](C)(C)C)c6nc5O[C@H]5COCC[C@@H]54)c3)CC2)C1. The van der Waals surface area contributed by atoms with Crippen molar-refractivity contribution in [1.29, 1.82) is 0 Å². The average Bonchev–Trinajstić information content (AvgIpc) is 3.97. The molecule has 6 heterocycles. The Balaban J connectivity index is 0.886. The smallest absolute Gasteiger partial charge is 0.293 e. The minimum Gasteiger partial charge on any atom is -0.468 e. The first-order chi connectivity index (χ1) is 37.3. The highest BCUT2D eigenvalue weighted by Crippen LogP contribution is 2.54.